The second-order valence-corrected chi connectivity index (χ2v) is 6.91. The van der Waals surface area contributed by atoms with Crippen LogP contribution in [0.3, 0.4) is 0 Å². The van der Waals surface area contributed by atoms with E-state index >= 15 is 0 Å². The zero-order chi connectivity index (χ0) is 15.6. The molecule has 0 aliphatic heterocycles. The van der Waals surface area contributed by atoms with E-state index in [1.165, 1.54) is 12.1 Å². The lowest BCUT2D eigenvalue weighted by atomic mass is 10.2. The van der Waals surface area contributed by atoms with Crippen molar-refractivity contribution in [3.8, 4) is 0 Å². The van der Waals surface area contributed by atoms with Crippen LogP contribution in [0, 0.1) is 0 Å². The first kappa shape index (κ1) is 15.7. The topological polar surface area (TPSA) is 101 Å². The van der Waals surface area contributed by atoms with Gasteiger partial charge in [-0.05, 0) is 34.1 Å². The molecular formula is C12H12BrN3O4S. The minimum Gasteiger partial charge on any atom is -0.478 e. The monoisotopic (exact) mass is 373 g/mol. The van der Waals surface area contributed by atoms with Crippen LogP contribution in [0.25, 0.3) is 0 Å². The number of halogens is 1. The average molecular weight is 374 g/mol. The van der Waals surface area contributed by atoms with E-state index in [0.717, 1.165) is 6.07 Å². The van der Waals surface area contributed by atoms with E-state index in [2.05, 4.69) is 25.8 Å². The third kappa shape index (κ3) is 3.69. The third-order valence-electron chi connectivity index (χ3n) is 2.70. The van der Waals surface area contributed by atoms with E-state index in [9.17, 15) is 13.2 Å². The maximum absolute atomic E-state index is 12.2. The van der Waals surface area contributed by atoms with Crippen LogP contribution in [0.15, 0.2) is 40.0 Å². The summed E-state index contributed by atoms with van der Waals surface area (Å²) >= 11 is 3.07. The van der Waals surface area contributed by atoms with Crippen LogP contribution in [0.1, 0.15) is 15.9 Å². The number of sulfonamides is 1. The molecule has 0 atom stereocenters. The number of aryl methyl sites for hydroxylation is 1. The highest BCUT2D eigenvalue weighted by molar-refractivity contribution is 9.10. The van der Waals surface area contributed by atoms with Gasteiger partial charge in [0.05, 0.1) is 16.7 Å². The van der Waals surface area contributed by atoms with Crippen LogP contribution < -0.4 is 4.72 Å². The van der Waals surface area contributed by atoms with Crippen molar-refractivity contribution in [2.75, 3.05) is 0 Å². The summed E-state index contributed by atoms with van der Waals surface area (Å²) in [6.45, 7) is 0.0780. The van der Waals surface area contributed by atoms with Crippen molar-refractivity contribution in [3.63, 3.8) is 0 Å². The van der Waals surface area contributed by atoms with Crippen molar-refractivity contribution in [2.45, 2.75) is 11.4 Å². The van der Waals surface area contributed by atoms with Crippen molar-refractivity contribution in [2.24, 2.45) is 7.05 Å². The SMILES string of the molecule is Cn1cc(CNS(=O)(=O)c2ccc(Br)c(C(=O)O)c2)cn1. The van der Waals surface area contributed by atoms with Gasteiger partial charge in [0.25, 0.3) is 0 Å². The van der Waals surface area contributed by atoms with E-state index in [4.69, 9.17) is 5.11 Å². The fraction of sp³-hybridized carbons (Fsp3) is 0.167. The molecule has 0 aliphatic rings. The number of nitrogens with zero attached hydrogens (tertiary/aromatic N) is 2. The molecule has 0 radical (unpaired) electrons. The highest BCUT2D eigenvalue weighted by atomic mass is 79.9. The summed E-state index contributed by atoms with van der Waals surface area (Å²) in [5.41, 5.74) is 0.593. The summed E-state index contributed by atoms with van der Waals surface area (Å²) in [4.78, 5) is 10.9. The molecule has 9 heteroatoms. The Kier molecular flexibility index (Phi) is 4.45. The van der Waals surface area contributed by atoms with Gasteiger partial charge in [-0.3, -0.25) is 4.68 Å². The third-order valence-corrected chi connectivity index (χ3v) is 4.79. The van der Waals surface area contributed by atoms with Crippen molar-refractivity contribution in [3.05, 3.63) is 46.2 Å². The summed E-state index contributed by atoms with van der Waals surface area (Å²) < 4.78 is 28.6. The summed E-state index contributed by atoms with van der Waals surface area (Å²) in [5, 5.41) is 12.9. The molecule has 0 saturated heterocycles. The Morgan fingerprint density at radius 1 is 1.48 bits per heavy atom. The first-order valence-corrected chi connectivity index (χ1v) is 8.07. The van der Waals surface area contributed by atoms with Crippen molar-refractivity contribution in [1.29, 1.82) is 0 Å². The van der Waals surface area contributed by atoms with E-state index < -0.39 is 16.0 Å². The molecule has 1 aromatic carbocycles. The van der Waals surface area contributed by atoms with Gasteiger partial charge in [0.1, 0.15) is 0 Å². The second kappa shape index (κ2) is 5.96. The molecule has 0 fully saturated rings. The predicted octanol–water partition coefficient (Wildman–Crippen LogP) is 1.36. The van der Waals surface area contributed by atoms with Gasteiger partial charge in [-0.15, -0.1) is 0 Å². The minimum absolute atomic E-state index is 0.0780. The fourth-order valence-electron chi connectivity index (χ4n) is 1.66. The number of aromatic carboxylic acids is 1. The molecule has 0 aliphatic carbocycles. The minimum atomic E-state index is -3.79. The summed E-state index contributed by atoms with van der Waals surface area (Å²) in [5.74, 6) is -1.20. The fourth-order valence-corrected chi connectivity index (χ4v) is 3.12. The standard InChI is InChI=1S/C12H12BrN3O4S/c1-16-7-8(5-14-16)6-15-21(19,20)9-2-3-11(13)10(4-9)12(17)18/h2-5,7,15H,6H2,1H3,(H,17,18). The number of carboxylic acids is 1. The van der Waals surface area contributed by atoms with Crippen LogP contribution in [0.5, 0.6) is 0 Å². The number of carbonyl (C=O) groups is 1. The van der Waals surface area contributed by atoms with Crippen LogP contribution in [0.4, 0.5) is 0 Å². The molecule has 2 N–H and O–H groups in total. The van der Waals surface area contributed by atoms with Gasteiger partial charge in [-0.2, -0.15) is 5.10 Å². The summed E-state index contributed by atoms with van der Waals surface area (Å²) in [6.07, 6.45) is 3.24. The summed E-state index contributed by atoms with van der Waals surface area (Å²) in [6, 6.07) is 3.84. The number of hydrogen-bond acceptors (Lipinski definition) is 4. The number of nitrogens with one attached hydrogen (secondary N) is 1. The Morgan fingerprint density at radius 3 is 2.76 bits per heavy atom. The second-order valence-electron chi connectivity index (χ2n) is 4.29. The van der Waals surface area contributed by atoms with Crippen molar-refractivity contribution in [1.82, 2.24) is 14.5 Å². The van der Waals surface area contributed by atoms with Crippen molar-refractivity contribution < 1.29 is 18.3 Å². The Bertz CT molecular complexity index is 786. The Balaban J connectivity index is 2.23. The van der Waals surface area contributed by atoms with Crippen molar-refractivity contribution >= 4 is 31.9 Å². The zero-order valence-corrected chi connectivity index (χ0v) is 13.3. The number of benzene rings is 1. The van der Waals surface area contributed by atoms with Gasteiger partial charge in [0.15, 0.2) is 0 Å². The highest BCUT2D eigenvalue weighted by Gasteiger charge is 2.18. The Hall–Kier alpha value is -1.71. The zero-order valence-electron chi connectivity index (χ0n) is 10.9. The lowest BCUT2D eigenvalue weighted by Gasteiger charge is -2.07. The number of rotatable bonds is 5. The molecule has 1 aromatic heterocycles. The quantitative estimate of drug-likeness (QED) is 0.823. The smallest absolute Gasteiger partial charge is 0.336 e. The molecule has 21 heavy (non-hydrogen) atoms. The maximum atomic E-state index is 12.2. The van der Waals surface area contributed by atoms with E-state index in [1.54, 1.807) is 24.1 Å². The molecule has 0 unspecified atom stereocenters. The number of aromatic nitrogens is 2. The first-order chi connectivity index (χ1) is 9.79. The summed E-state index contributed by atoms with van der Waals surface area (Å²) in [7, 11) is -2.07. The average Bonchev–Trinajstić information content (AvgIpc) is 2.82. The van der Waals surface area contributed by atoms with Crippen LogP contribution >= 0.6 is 15.9 Å². The van der Waals surface area contributed by atoms with Gasteiger partial charge >= 0.3 is 5.97 Å². The Morgan fingerprint density at radius 2 is 2.19 bits per heavy atom. The normalized spacial score (nSPS) is 11.5. The van der Waals surface area contributed by atoms with Gasteiger partial charge in [0, 0.05) is 29.8 Å². The largest absolute Gasteiger partial charge is 0.478 e. The number of carboxylic acid groups (broad SMARTS) is 1. The molecule has 0 spiro atoms. The van der Waals surface area contributed by atoms with Gasteiger partial charge in [-0.1, -0.05) is 0 Å². The lowest BCUT2D eigenvalue weighted by molar-refractivity contribution is 0.0695. The molecular weight excluding hydrogens is 362 g/mol. The van der Waals surface area contributed by atoms with E-state index in [1.807, 2.05) is 0 Å². The number of hydrogen-bond donors (Lipinski definition) is 2. The van der Waals surface area contributed by atoms with Gasteiger partial charge in [0.2, 0.25) is 10.0 Å². The van der Waals surface area contributed by atoms with E-state index in [0.29, 0.717) is 10.0 Å². The highest BCUT2D eigenvalue weighted by Crippen LogP contribution is 2.21. The molecule has 2 aromatic rings. The molecule has 112 valence electrons. The molecule has 7 nitrogen and oxygen atoms in total. The maximum Gasteiger partial charge on any atom is 0.336 e. The van der Waals surface area contributed by atoms with Crippen LogP contribution in [-0.4, -0.2) is 29.3 Å². The molecule has 0 amide bonds. The van der Waals surface area contributed by atoms with Gasteiger partial charge < -0.3 is 5.11 Å². The van der Waals surface area contributed by atoms with Crippen LogP contribution in [-0.2, 0) is 23.6 Å². The Labute approximate surface area is 129 Å². The van der Waals surface area contributed by atoms with Crippen LogP contribution in [0.2, 0.25) is 0 Å². The van der Waals surface area contributed by atoms with Gasteiger partial charge in [-0.25, -0.2) is 17.9 Å². The molecule has 0 bridgehead atoms. The molecule has 0 saturated carbocycles. The lowest BCUT2D eigenvalue weighted by Crippen LogP contribution is -2.23. The first-order valence-electron chi connectivity index (χ1n) is 5.79. The molecule has 2 rings (SSSR count). The molecule has 1 heterocycles. The predicted molar refractivity (Wildman–Crippen MR) is 78.3 cm³/mol. The van der Waals surface area contributed by atoms with E-state index in [-0.39, 0.29) is 17.0 Å².